The monoisotopic (exact) mass is 351 g/mol. The smallest absolute Gasteiger partial charge is 0.276 e. The van der Waals surface area contributed by atoms with E-state index in [0.29, 0.717) is 32.5 Å². The Hall–Kier alpha value is -1.70. The van der Waals surface area contributed by atoms with Crippen LogP contribution in [0, 0.1) is 5.92 Å². The van der Waals surface area contributed by atoms with Crippen LogP contribution in [0.2, 0.25) is 0 Å². The average Bonchev–Trinajstić information content (AvgIpc) is 2.54. The van der Waals surface area contributed by atoms with Gasteiger partial charge in [0.05, 0.1) is 0 Å². The van der Waals surface area contributed by atoms with Gasteiger partial charge in [-0.3, -0.25) is 4.79 Å². The van der Waals surface area contributed by atoms with Crippen molar-refractivity contribution in [1.82, 2.24) is 9.21 Å². The fraction of sp³-hybridized carbons (Fsp3) is 0.471. The number of carbonyl (C=O) groups excluding carboxylic acids is 1. The Morgan fingerprint density at radius 2 is 1.88 bits per heavy atom. The molecule has 132 valence electrons. The number of piperidine rings is 1. The molecule has 2 rings (SSSR count). The van der Waals surface area contributed by atoms with Crippen LogP contribution in [-0.2, 0) is 15.0 Å². The number of likely N-dealkylation sites (N-methyl/N-ethyl adjacent to an activating group) is 1. The van der Waals surface area contributed by atoms with Gasteiger partial charge in [0.25, 0.3) is 10.2 Å². The second-order valence-corrected chi connectivity index (χ2v) is 7.86. The van der Waals surface area contributed by atoms with Gasteiger partial charge in [0.15, 0.2) is 0 Å². The molecule has 1 amide bonds. The van der Waals surface area contributed by atoms with Crippen LogP contribution in [0.25, 0.3) is 6.08 Å². The third kappa shape index (κ3) is 5.15. The van der Waals surface area contributed by atoms with Gasteiger partial charge in [-0.05, 0) is 25.3 Å². The van der Waals surface area contributed by atoms with E-state index in [-0.39, 0.29) is 11.8 Å². The zero-order valence-corrected chi connectivity index (χ0v) is 15.0. The molecule has 1 aliphatic heterocycles. The number of amides is 1. The molecule has 6 nitrogen and oxygen atoms in total. The van der Waals surface area contributed by atoms with Crippen LogP contribution in [0.3, 0.4) is 0 Å². The summed E-state index contributed by atoms with van der Waals surface area (Å²) in [6.07, 6.45) is 3.09. The van der Waals surface area contributed by atoms with Crippen LogP contribution < -0.4 is 5.14 Å². The van der Waals surface area contributed by atoms with Gasteiger partial charge in [-0.15, -0.1) is 0 Å². The third-order valence-corrected chi connectivity index (χ3v) is 5.32. The van der Waals surface area contributed by atoms with Crippen molar-refractivity contribution in [2.24, 2.45) is 11.1 Å². The summed E-state index contributed by atoms with van der Waals surface area (Å²) < 4.78 is 23.9. The summed E-state index contributed by atoms with van der Waals surface area (Å²) in [7, 11) is -1.86. The van der Waals surface area contributed by atoms with E-state index in [2.05, 4.69) is 6.08 Å². The number of nitrogens with zero attached hydrogens (tertiary/aromatic N) is 2. The molecule has 0 saturated carbocycles. The fourth-order valence-electron chi connectivity index (χ4n) is 3.00. The van der Waals surface area contributed by atoms with Crippen molar-refractivity contribution in [1.29, 1.82) is 0 Å². The maximum atomic E-state index is 12.5. The molecule has 2 N–H and O–H groups in total. The predicted molar refractivity (Wildman–Crippen MR) is 95.1 cm³/mol. The Morgan fingerprint density at radius 3 is 2.42 bits per heavy atom. The van der Waals surface area contributed by atoms with Gasteiger partial charge in [0, 0.05) is 32.6 Å². The lowest BCUT2D eigenvalue weighted by Gasteiger charge is -2.31. The SMILES string of the molecule is C/C(=C\c1ccccc1)CN(C)C(=O)C1CCN(S(N)(=O)=O)CC1. The molecule has 1 heterocycles. The first-order valence-electron chi connectivity index (χ1n) is 8.02. The Bertz CT molecular complexity index is 693. The molecule has 1 saturated heterocycles. The van der Waals surface area contributed by atoms with E-state index in [1.807, 2.05) is 37.3 Å². The fourth-order valence-corrected chi connectivity index (χ4v) is 3.72. The second-order valence-electron chi connectivity index (χ2n) is 6.31. The minimum absolute atomic E-state index is 0.0601. The van der Waals surface area contributed by atoms with Crippen LogP contribution >= 0.6 is 0 Å². The number of nitrogens with two attached hydrogens (primary N) is 1. The van der Waals surface area contributed by atoms with Crippen LogP contribution in [0.1, 0.15) is 25.3 Å². The maximum Gasteiger partial charge on any atom is 0.276 e. The quantitative estimate of drug-likeness (QED) is 0.872. The highest BCUT2D eigenvalue weighted by Gasteiger charge is 2.30. The van der Waals surface area contributed by atoms with Crippen molar-refractivity contribution < 1.29 is 13.2 Å². The van der Waals surface area contributed by atoms with Gasteiger partial charge in [-0.1, -0.05) is 42.0 Å². The van der Waals surface area contributed by atoms with Crippen LogP contribution in [-0.4, -0.2) is 50.2 Å². The van der Waals surface area contributed by atoms with Crippen molar-refractivity contribution in [3.63, 3.8) is 0 Å². The minimum atomic E-state index is -3.65. The first kappa shape index (κ1) is 18.6. The molecular formula is C17H25N3O3S. The summed E-state index contributed by atoms with van der Waals surface area (Å²) in [6.45, 7) is 3.17. The highest BCUT2D eigenvalue weighted by molar-refractivity contribution is 7.86. The molecule has 0 bridgehead atoms. The molecule has 1 aliphatic rings. The zero-order valence-electron chi connectivity index (χ0n) is 14.2. The molecule has 0 unspecified atom stereocenters. The van der Waals surface area contributed by atoms with E-state index in [1.54, 1.807) is 11.9 Å². The minimum Gasteiger partial charge on any atom is -0.342 e. The van der Waals surface area contributed by atoms with E-state index in [4.69, 9.17) is 5.14 Å². The van der Waals surface area contributed by atoms with Crippen molar-refractivity contribution in [2.45, 2.75) is 19.8 Å². The summed E-state index contributed by atoms with van der Waals surface area (Å²) in [5, 5.41) is 5.13. The lowest BCUT2D eigenvalue weighted by atomic mass is 9.96. The standard InChI is InChI=1S/C17H25N3O3S/c1-14(12-15-6-4-3-5-7-15)13-19(2)17(21)16-8-10-20(11-9-16)24(18,22)23/h3-7,12,16H,8-11,13H2,1-2H3,(H2,18,22,23)/b14-12+. The maximum absolute atomic E-state index is 12.5. The normalized spacial score (nSPS) is 17.7. The first-order chi connectivity index (χ1) is 11.3. The summed E-state index contributed by atoms with van der Waals surface area (Å²) in [6, 6.07) is 9.97. The predicted octanol–water partition coefficient (Wildman–Crippen LogP) is 1.46. The highest BCUT2D eigenvalue weighted by Crippen LogP contribution is 2.21. The molecular weight excluding hydrogens is 326 g/mol. The van der Waals surface area contributed by atoms with Crippen molar-refractivity contribution in [2.75, 3.05) is 26.7 Å². The molecule has 1 fully saturated rings. The van der Waals surface area contributed by atoms with E-state index in [9.17, 15) is 13.2 Å². The molecule has 7 heteroatoms. The first-order valence-corrected chi connectivity index (χ1v) is 9.53. The van der Waals surface area contributed by atoms with Gasteiger partial charge in [0.2, 0.25) is 5.91 Å². The van der Waals surface area contributed by atoms with Gasteiger partial charge < -0.3 is 4.90 Å². The van der Waals surface area contributed by atoms with E-state index >= 15 is 0 Å². The molecule has 1 aromatic carbocycles. The lowest BCUT2D eigenvalue weighted by Crippen LogP contribution is -2.45. The van der Waals surface area contributed by atoms with Crippen LogP contribution in [0.15, 0.2) is 35.9 Å². The number of rotatable bonds is 5. The molecule has 1 aromatic rings. The molecule has 0 atom stereocenters. The van der Waals surface area contributed by atoms with Crippen molar-refractivity contribution in [3.05, 3.63) is 41.5 Å². The number of carbonyl (C=O) groups is 1. The van der Waals surface area contributed by atoms with Gasteiger partial charge >= 0.3 is 0 Å². The lowest BCUT2D eigenvalue weighted by molar-refractivity contribution is -0.135. The van der Waals surface area contributed by atoms with Gasteiger partial charge in [0.1, 0.15) is 0 Å². The van der Waals surface area contributed by atoms with Gasteiger partial charge in [-0.25, -0.2) is 5.14 Å². The Morgan fingerprint density at radius 1 is 1.29 bits per heavy atom. The summed E-state index contributed by atoms with van der Waals surface area (Å²) >= 11 is 0. The topological polar surface area (TPSA) is 83.7 Å². The summed E-state index contributed by atoms with van der Waals surface area (Å²) in [4.78, 5) is 14.3. The van der Waals surface area contributed by atoms with Crippen molar-refractivity contribution >= 4 is 22.2 Å². The molecule has 0 aliphatic carbocycles. The number of hydrogen-bond donors (Lipinski definition) is 1. The van der Waals surface area contributed by atoms with E-state index in [1.165, 1.54) is 4.31 Å². The van der Waals surface area contributed by atoms with Crippen molar-refractivity contribution in [3.8, 4) is 0 Å². The third-order valence-electron chi connectivity index (χ3n) is 4.24. The molecule has 0 aromatic heterocycles. The largest absolute Gasteiger partial charge is 0.342 e. The molecule has 0 radical (unpaired) electrons. The van der Waals surface area contributed by atoms with E-state index in [0.717, 1.165) is 11.1 Å². The highest BCUT2D eigenvalue weighted by atomic mass is 32.2. The average molecular weight is 351 g/mol. The van der Waals surface area contributed by atoms with Gasteiger partial charge in [-0.2, -0.15) is 12.7 Å². The summed E-state index contributed by atoms with van der Waals surface area (Å²) in [5.41, 5.74) is 2.20. The van der Waals surface area contributed by atoms with Crippen LogP contribution in [0.5, 0.6) is 0 Å². The molecule has 0 spiro atoms. The number of hydrogen-bond acceptors (Lipinski definition) is 3. The number of benzene rings is 1. The van der Waals surface area contributed by atoms with E-state index < -0.39 is 10.2 Å². The Labute approximate surface area is 144 Å². The zero-order chi connectivity index (χ0) is 17.7. The Balaban J connectivity index is 1.90. The Kier molecular flexibility index (Phi) is 6.15. The van der Waals surface area contributed by atoms with Crippen LogP contribution in [0.4, 0.5) is 0 Å². The second kappa shape index (κ2) is 7.92. The molecule has 24 heavy (non-hydrogen) atoms. The summed E-state index contributed by atoms with van der Waals surface area (Å²) in [5.74, 6) is -0.0811.